The van der Waals surface area contributed by atoms with Gasteiger partial charge in [-0.2, -0.15) is 9.40 Å². The lowest BCUT2D eigenvalue weighted by Gasteiger charge is -2.33. The van der Waals surface area contributed by atoms with Crippen LogP contribution in [-0.4, -0.2) is 64.6 Å². The van der Waals surface area contributed by atoms with Crippen LogP contribution in [0.25, 0.3) is 5.69 Å². The quantitative estimate of drug-likeness (QED) is 0.642. The molecule has 0 atom stereocenters. The fraction of sp³-hybridized carbons (Fsp3) is 0.316. The molecule has 0 aliphatic carbocycles. The van der Waals surface area contributed by atoms with Crippen LogP contribution in [-0.2, 0) is 10.0 Å². The van der Waals surface area contributed by atoms with E-state index in [1.807, 2.05) is 30.3 Å². The number of carbonyl (C=O) groups is 1. The largest absolute Gasteiger partial charge is 0.360 e. The maximum atomic E-state index is 12.9. The molecule has 0 N–H and O–H groups in total. The Hall–Kier alpha value is -2.98. The molecule has 2 aromatic heterocycles. The minimum atomic E-state index is -3.70. The van der Waals surface area contributed by atoms with Crippen molar-refractivity contribution in [3.8, 4) is 5.69 Å². The highest BCUT2D eigenvalue weighted by molar-refractivity contribution is 7.89. The van der Waals surface area contributed by atoms with Gasteiger partial charge in [0, 0.05) is 32.4 Å². The number of sulfonamides is 1. The summed E-state index contributed by atoms with van der Waals surface area (Å²) in [6, 6.07) is 9.52. The summed E-state index contributed by atoms with van der Waals surface area (Å²) in [4.78, 5) is 14.6. The van der Waals surface area contributed by atoms with Gasteiger partial charge in [0.25, 0.3) is 5.91 Å². The maximum Gasteiger partial charge on any atom is 0.257 e. The molecule has 1 fully saturated rings. The van der Waals surface area contributed by atoms with E-state index in [1.165, 1.54) is 10.5 Å². The van der Waals surface area contributed by atoms with E-state index in [0.717, 1.165) is 5.69 Å². The summed E-state index contributed by atoms with van der Waals surface area (Å²) in [5, 5.41) is 7.99. The molecular weight excluding hydrogens is 394 g/mol. The summed E-state index contributed by atoms with van der Waals surface area (Å²) >= 11 is 0. The van der Waals surface area contributed by atoms with Gasteiger partial charge in [-0.3, -0.25) is 4.79 Å². The molecule has 0 spiro atoms. The number of rotatable bonds is 4. The van der Waals surface area contributed by atoms with E-state index < -0.39 is 10.0 Å². The van der Waals surface area contributed by atoms with Gasteiger partial charge in [0.05, 0.1) is 17.4 Å². The zero-order chi connectivity index (χ0) is 20.6. The van der Waals surface area contributed by atoms with Gasteiger partial charge in [-0.25, -0.2) is 13.1 Å². The second-order valence-electron chi connectivity index (χ2n) is 6.86. The zero-order valence-electron chi connectivity index (χ0n) is 16.1. The van der Waals surface area contributed by atoms with Gasteiger partial charge in [0.1, 0.15) is 10.6 Å². The first-order chi connectivity index (χ1) is 13.9. The van der Waals surface area contributed by atoms with E-state index in [4.69, 9.17) is 4.52 Å². The first-order valence-electron chi connectivity index (χ1n) is 9.20. The lowest BCUT2D eigenvalue weighted by Crippen LogP contribution is -2.50. The van der Waals surface area contributed by atoms with Gasteiger partial charge in [-0.1, -0.05) is 23.4 Å². The smallest absolute Gasteiger partial charge is 0.257 e. The fourth-order valence-electron chi connectivity index (χ4n) is 3.44. The van der Waals surface area contributed by atoms with E-state index >= 15 is 0 Å². The molecule has 0 saturated carbocycles. The third-order valence-corrected chi connectivity index (χ3v) is 7.09. The third kappa shape index (κ3) is 3.56. The molecule has 29 heavy (non-hydrogen) atoms. The summed E-state index contributed by atoms with van der Waals surface area (Å²) in [6.07, 6.45) is 3.22. The number of para-hydroxylation sites is 1. The average Bonchev–Trinajstić information content (AvgIpc) is 3.35. The highest BCUT2D eigenvalue weighted by Crippen LogP contribution is 2.24. The SMILES string of the molecule is Cc1noc(C)c1S(=O)(=O)N1CCN(C(=O)c2cnn(-c3ccccc3)c2)CC1. The van der Waals surface area contributed by atoms with Crippen molar-refractivity contribution in [2.45, 2.75) is 18.7 Å². The van der Waals surface area contributed by atoms with E-state index in [9.17, 15) is 13.2 Å². The molecule has 1 aliphatic rings. The first-order valence-corrected chi connectivity index (χ1v) is 10.6. The van der Waals surface area contributed by atoms with Crippen molar-refractivity contribution in [2.75, 3.05) is 26.2 Å². The van der Waals surface area contributed by atoms with E-state index in [0.29, 0.717) is 24.3 Å². The second-order valence-corrected chi connectivity index (χ2v) is 8.73. The monoisotopic (exact) mass is 415 g/mol. The molecule has 0 bridgehead atoms. The molecule has 1 saturated heterocycles. The predicted molar refractivity (Wildman–Crippen MR) is 104 cm³/mol. The number of hydrogen-bond donors (Lipinski definition) is 0. The minimum Gasteiger partial charge on any atom is -0.360 e. The Kier molecular flexibility index (Phi) is 4.97. The Morgan fingerprint density at radius 3 is 2.38 bits per heavy atom. The minimum absolute atomic E-state index is 0.112. The van der Waals surface area contributed by atoms with Crippen LogP contribution < -0.4 is 0 Å². The van der Waals surface area contributed by atoms with E-state index in [2.05, 4.69) is 10.3 Å². The lowest BCUT2D eigenvalue weighted by molar-refractivity contribution is 0.0697. The molecule has 3 aromatic rings. The molecule has 3 heterocycles. The third-order valence-electron chi connectivity index (χ3n) is 4.94. The number of nitrogens with zero attached hydrogens (tertiary/aromatic N) is 5. The molecular formula is C19H21N5O4S. The number of amides is 1. The van der Waals surface area contributed by atoms with Crippen molar-refractivity contribution < 1.29 is 17.7 Å². The number of benzene rings is 1. The number of carbonyl (C=O) groups excluding carboxylic acids is 1. The first kappa shape index (κ1) is 19.3. The molecule has 10 heteroatoms. The average molecular weight is 415 g/mol. The van der Waals surface area contributed by atoms with Gasteiger partial charge < -0.3 is 9.42 Å². The van der Waals surface area contributed by atoms with Crippen LogP contribution in [0.3, 0.4) is 0 Å². The van der Waals surface area contributed by atoms with Crippen molar-refractivity contribution in [3.05, 3.63) is 59.7 Å². The fourth-order valence-corrected chi connectivity index (χ4v) is 5.15. The van der Waals surface area contributed by atoms with Crippen molar-refractivity contribution in [2.24, 2.45) is 0 Å². The molecule has 4 rings (SSSR count). The summed E-state index contributed by atoms with van der Waals surface area (Å²) in [5.41, 5.74) is 1.67. The topological polar surface area (TPSA) is 102 Å². The van der Waals surface area contributed by atoms with Crippen LogP contribution in [0.1, 0.15) is 21.8 Å². The van der Waals surface area contributed by atoms with Crippen molar-refractivity contribution >= 4 is 15.9 Å². The molecule has 9 nitrogen and oxygen atoms in total. The Morgan fingerprint density at radius 2 is 1.76 bits per heavy atom. The summed E-state index contributed by atoms with van der Waals surface area (Å²) in [7, 11) is -3.70. The van der Waals surface area contributed by atoms with Crippen LogP contribution in [0.2, 0.25) is 0 Å². The number of piperazine rings is 1. The van der Waals surface area contributed by atoms with Crippen molar-refractivity contribution in [1.82, 2.24) is 24.1 Å². The zero-order valence-corrected chi connectivity index (χ0v) is 17.0. The molecule has 1 aliphatic heterocycles. The van der Waals surface area contributed by atoms with Crippen molar-refractivity contribution in [1.29, 1.82) is 0 Å². The molecule has 1 aromatic carbocycles. The molecule has 0 unspecified atom stereocenters. The Bertz CT molecular complexity index is 1110. The summed E-state index contributed by atoms with van der Waals surface area (Å²) in [5.74, 6) is 0.107. The molecule has 0 radical (unpaired) electrons. The number of hydrogen-bond acceptors (Lipinski definition) is 6. The van der Waals surface area contributed by atoms with E-state index in [-0.39, 0.29) is 29.7 Å². The van der Waals surface area contributed by atoms with Crippen LogP contribution in [0.4, 0.5) is 0 Å². The highest BCUT2D eigenvalue weighted by Gasteiger charge is 2.34. The number of aromatic nitrogens is 3. The molecule has 1 amide bonds. The van der Waals surface area contributed by atoms with Gasteiger partial charge in [-0.05, 0) is 26.0 Å². The van der Waals surface area contributed by atoms with Crippen LogP contribution >= 0.6 is 0 Å². The van der Waals surface area contributed by atoms with Gasteiger partial charge in [-0.15, -0.1) is 0 Å². The predicted octanol–water partition coefficient (Wildman–Crippen LogP) is 1.62. The van der Waals surface area contributed by atoms with Crippen LogP contribution in [0.5, 0.6) is 0 Å². The summed E-state index contributed by atoms with van der Waals surface area (Å²) in [6.45, 7) is 4.22. The van der Waals surface area contributed by atoms with Crippen molar-refractivity contribution in [3.63, 3.8) is 0 Å². The Balaban J connectivity index is 1.45. The highest BCUT2D eigenvalue weighted by atomic mass is 32.2. The summed E-state index contributed by atoms with van der Waals surface area (Å²) < 4.78 is 33.8. The Labute approximate surface area is 168 Å². The second kappa shape index (κ2) is 7.45. The number of aryl methyl sites for hydroxylation is 2. The van der Waals surface area contributed by atoms with Crippen LogP contribution in [0.15, 0.2) is 52.1 Å². The maximum absolute atomic E-state index is 12.9. The molecule has 152 valence electrons. The standard InChI is InChI=1S/C19H21N5O4S/c1-14-18(15(2)28-21-14)29(26,27)23-10-8-22(9-11-23)19(25)16-12-20-24(13-16)17-6-4-3-5-7-17/h3-7,12-13H,8-11H2,1-2H3. The van der Waals surface area contributed by atoms with Gasteiger partial charge in [0.2, 0.25) is 10.0 Å². The lowest BCUT2D eigenvalue weighted by atomic mass is 10.2. The normalized spacial score (nSPS) is 15.6. The van der Waals surface area contributed by atoms with Gasteiger partial charge >= 0.3 is 0 Å². The van der Waals surface area contributed by atoms with E-state index in [1.54, 1.807) is 29.6 Å². The Morgan fingerprint density at radius 1 is 1.07 bits per heavy atom. The van der Waals surface area contributed by atoms with Gasteiger partial charge in [0.15, 0.2) is 5.76 Å². The van der Waals surface area contributed by atoms with Crippen LogP contribution in [0, 0.1) is 13.8 Å².